The summed E-state index contributed by atoms with van der Waals surface area (Å²) in [4.78, 5) is 0.313. The van der Waals surface area contributed by atoms with E-state index in [9.17, 15) is 0 Å². The van der Waals surface area contributed by atoms with Crippen LogP contribution < -0.4 is 11.1 Å². The highest BCUT2D eigenvalue weighted by Gasteiger charge is 2.15. The van der Waals surface area contributed by atoms with Crippen LogP contribution in [0.15, 0.2) is 18.2 Å². The Balaban J connectivity index is 2.04. The minimum Gasteiger partial charge on any atom is -0.389 e. The summed E-state index contributed by atoms with van der Waals surface area (Å²) in [5.41, 5.74) is 7.29. The van der Waals surface area contributed by atoms with Crippen LogP contribution in [-0.4, -0.2) is 24.2 Å². The molecule has 0 saturated carbocycles. The molecule has 1 aromatic rings. The van der Waals surface area contributed by atoms with Gasteiger partial charge in [0.2, 0.25) is 0 Å². The first-order chi connectivity index (χ1) is 8.68. The molecule has 2 rings (SSSR count). The topological polar surface area (TPSA) is 47.3 Å². The molecule has 3 N–H and O–H groups in total. The first-order valence-electron chi connectivity index (χ1n) is 6.12. The van der Waals surface area contributed by atoms with Gasteiger partial charge in [0.15, 0.2) is 0 Å². The molecule has 3 nitrogen and oxygen atoms in total. The van der Waals surface area contributed by atoms with Crippen LogP contribution in [0, 0.1) is 0 Å². The number of thiocarbonyl (C=S) groups is 1. The van der Waals surface area contributed by atoms with Crippen molar-refractivity contribution in [3.05, 3.63) is 28.8 Å². The molecule has 1 aromatic carbocycles. The van der Waals surface area contributed by atoms with E-state index in [0.717, 1.165) is 31.7 Å². The summed E-state index contributed by atoms with van der Waals surface area (Å²) in [6.45, 7) is 1.61. The number of hydrogen-bond acceptors (Lipinski definition) is 3. The molecule has 0 bridgehead atoms. The summed E-state index contributed by atoms with van der Waals surface area (Å²) in [6, 6.07) is 5.61. The number of hydrogen-bond donors (Lipinski definition) is 2. The van der Waals surface area contributed by atoms with E-state index in [2.05, 4.69) is 5.32 Å². The normalized spacial score (nSPS) is 19.5. The van der Waals surface area contributed by atoms with E-state index in [4.69, 9.17) is 34.3 Å². The summed E-state index contributed by atoms with van der Waals surface area (Å²) < 4.78 is 5.67. The third-order valence-electron chi connectivity index (χ3n) is 3.05. The Labute approximate surface area is 118 Å². The van der Waals surface area contributed by atoms with Crippen molar-refractivity contribution in [2.75, 3.05) is 18.5 Å². The lowest BCUT2D eigenvalue weighted by Gasteiger charge is -2.24. The van der Waals surface area contributed by atoms with Gasteiger partial charge in [0.05, 0.1) is 16.7 Å². The number of halogens is 1. The largest absolute Gasteiger partial charge is 0.389 e. The van der Waals surface area contributed by atoms with Crippen LogP contribution in [0.2, 0.25) is 5.02 Å². The fourth-order valence-corrected chi connectivity index (χ4v) is 2.67. The predicted molar refractivity (Wildman–Crippen MR) is 79.4 cm³/mol. The molecule has 1 unspecified atom stereocenters. The quantitative estimate of drug-likeness (QED) is 0.835. The molecule has 1 saturated heterocycles. The molecule has 0 amide bonds. The lowest BCUT2D eigenvalue weighted by Crippen LogP contribution is -2.27. The number of nitrogens with one attached hydrogen (secondary N) is 1. The van der Waals surface area contributed by atoms with Gasteiger partial charge in [-0.2, -0.15) is 0 Å². The molecule has 1 fully saturated rings. The Morgan fingerprint density at radius 2 is 2.33 bits per heavy atom. The highest BCUT2D eigenvalue weighted by Crippen LogP contribution is 2.24. The molecule has 98 valence electrons. The van der Waals surface area contributed by atoms with Crippen molar-refractivity contribution in [1.29, 1.82) is 0 Å². The van der Waals surface area contributed by atoms with Gasteiger partial charge >= 0.3 is 0 Å². The van der Waals surface area contributed by atoms with Crippen LogP contribution in [-0.2, 0) is 4.74 Å². The van der Waals surface area contributed by atoms with Crippen molar-refractivity contribution in [2.24, 2.45) is 5.73 Å². The molecule has 1 heterocycles. The number of nitrogens with two attached hydrogens (primary N) is 1. The van der Waals surface area contributed by atoms with Gasteiger partial charge in [-0.3, -0.25) is 0 Å². The van der Waals surface area contributed by atoms with Crippen molar-refractivity contribution in [3.8, 4) is 0 Å². The van der Waals surface area contributed by atoms with E-state index in [1.165, 1.54) is 6.42 Å². The van der Waals surface area contributed by atoms with Crippen molar-refractivity contribution in [3.63, 3.8) is 0 Å². The fourth-order valence-electron chi connectivity index (χ4n) is 2.11. The molecule has 0 spiro atoms. The average molecular weight is 285 g/mol. The molecule has 0 aliphatic carbocycles. The van der Waals surface area contributed by atoms with Crippen molar-refractivity contribution >= 4 is 34.5 Å². The number of anilines is 1. The first kappa shape index (κ1) is 13.6. The van der Waals surface area contributed by atoms with Gasteiger partial charge in [-0.15, -0.1) is 0 Å². The van der Waals surface area contributed by atoms with Crippen LogP contribution >= 0.6 is 23.8 Å². The van der Waals surface area contributed by atoms with Crippen LogP contribution in [0.25, 0.3) is 0 Å². The van der Waals surface area contributed by atoms with E-state index in [1.54, 1.807) is 6.07 Å². The molecule has 0 radical (unpaired) electrons. The average Bonchev–Trinajstić information content (AvgIpc) is 2.37. The molecular formula is C13H17ClN2OS. The van der Waals surface area contributed by atoms with Crippen molar-refractivity contribution in [1.82, 2.24) is 0 Å². The van der Waals surface area contributed by atoms with Gasteiger partial charge in [0, 0.05) is 18.8 Å². The predicted octanol–water partition coefficient (Wildman–Crippen LogP) is 2.96. The standard InChI is InChI=1S/C13H17ClN2OS/c14-10-5-3-6-11(12(10)13(15)18)16-8-9-4-1-2-7-17-9/h3,5-6,9,16H,1-2,4,7-8H2,(H2,15,18). The van der Waals surface area contributed by atoms with Crippen LogP contribution in [0.3, 0.4) is 0 Å². The zero-order valence-electron chi connectivity index (χ0n) is 10.1. The van der Waals surface area contributed by atoms with Crippen LogP contribution in [0.1, 0.15) is 24.8 Å². The monoisotopic (exact) mass is 284 g/mol. The minimum atomic E-state index is 0.261. The molecule has 1 aliphatic rings. The lowest BCUT2D eigenvalue weighted by molar-refractivity contribution is 0.0247. The van der Waals surface area contributed by atoms with E-state index >= 15 is 0 Å². The van der Waals surface area contributed by atoms with E-state index in [1.807, 2.05) is 12.1 Å². The Morgan fingerprint density at radius 1 is 1.50 bits per heavy atom. The van der Waals surface area contributed by atoms with E-state index < -0.39 is 0 Å². The summed E-state index contributed by atoms with van der Waals surface area (Å²) in [7, 11) is 0. The maximum Gasteiger partial charge on any atom is 0.107 e. The maximum atomic E-state index is 6.11. The smallest absolute Gasteiger partial charge is 0.107 e. The second-order valence-corrected chi connectivity index (χ2v) is 5.24. The van der Waals surface area contributed by atoms with Crippen molar-refractivity contribution in [2.45, 2.75) is 25.4 Å². The SMILES string of the molecule is NC(=S)c1c(Cl)cccc1NCC1CCCCO1. The summed E-state index contributed by atoms with van der Waals surface area (Å²) in [5.74, 6) is 0. The third kappa shape index (κ3) is 3.34. The fraction of sp³-hybridized carbons (Fsp3) is 0.462. The second kappa shape index (κ2) is 6.36. The van der Waals surface area contributed by atoms with E-state index in [-0.39, 0.29) is 6.10 Å². The van der Waals surface area contributed by atoms with Crippen molar-refractivity contribution < 1.29 is 4.74 Å². The number of ether oxygens (including phenoxy) is 1. The zero-order valence-corrected chi connectivity index (χ0v) is 11.7. The third-order valence-corrected chi connectivity index (χ3v) is 3.57. The Morgan fingerprint density at radius 3 is 3.00 bits per heavy atom. The maximum absolute atomic E-state index is 6.11. The van der Waals surface area contributed by atoms with Crippen LogP contribution in [0.4, 0.5) is 5.69 Å². The summed E-state index contributed by atoms with van der Waals surface area (Å²) in [6.07, 6.45) is 3.74. The molecule has 1 aliphatic heterocycles. The van der Waals surface area contributed by atoms with Gasteiger partial charge in [0.25, 0.3) is 0 Å². The molecular weight excluding hydrogens is 268 g/mol. The molecule has 5 heteroatoms. The van der Waals surface area contributed by atoms with Crippen LogP contribution in [0.5, 0.6) is 0 Å². The van der Waals surface area contributed by atoms with Gasteiger partial charge in [0.1, 0.15) is 4.99 Å². The molecule has 18 heavy (non-hydrogen) atoms. The first-order valence-corrected chi connectivity index (χ1v) is 6.91. The number of benzene rings is 1. The van der Waals surface area contributed by atoms with Gasteiger partial charge in [-0.25, -0.2) is 0 Å². The summed E-state index contributed by atoms with van der Waals surface area (Å²) in [5, 5.41) is 3.91. The van der Waals surface area contributed by atoms with E-state index in [0.29, 0.717) is 15.6 Å². The van der Waals surface area contributed by atoms with Gasteiger partial charge in [-0.05, 0) is 31.4 Å². The Hall–Kier alpha value is -0.840. The number of rotatable bonds is 4. The second-order valence-electron chi connectivity index (χ2n) is 4.40. The van der Waals surface area contributed by atoms with Gasteiger partial charge < -0.3 is 15.8 Å². The Kier molecular flexibility index (Phi) is 4.80. The lowest BCUT2D eigenvalue weighted by atomic mass is 10.1. The zero-order chi connectivity index (χ0) is 13.0. The highest BCUT2D eigenvalue weighted by atomic mass is 35.5. The summed E-state index contributed by atoms with van der Waals surface area (Å²) >= 11 is 11.1. The molecule has 1 atom stereocenters. The Bertz CT molecular complexity index is 433. The van der Waals surface area contributed by atoms with Gasteiger partial charge in [-0.1, -0.05) is 29.9 Å². The molecule has 0 aromatic heterocycles. The highest BCUT2D eigenvalue weighted by molar-refractivity contribution is 7.80. The minimum absolute atomic E-state index is 0.261.